The summed E-state index contributed by atoms with van der Waals surface area (Å²) in [5.41, 5.74) is 1.17. The topological polar surface area (TPSA) is 37.4 Å². The van der Waals surface area contributed by atoms with Gasteiger partial charge in [0.1, 0.15) is 0 Å². The summed E-state index contributed by atoms with van der Waals surface area (Å²) < 4.78 is 24.8. The second-order valence-electron chi connectivity index (χ2n) is 3.59. The van der Waals surface area contributed by atoms with Crippen LogP contribution in [0.4, 0.5) is 0 Å². The highest BCUT2D eigenvalue weighted by Gasteiger charge is 2.40. The standard InChI is InChI=1S/C8H13NO2S/c1-7-4-5-9(6-7)12(10,11)8-2-3-8/h4,8H,2-3,5-6H2,1H3. The molecule has 1 fully saturated rings. The maximum Gasteiger partial charge on any atom is 0.217 e. The SMILES string of the molecule is CC1=CCN(S(=O)(=O)C2CC2)C1. The molecule has 0 aromatic carbocycles. The summed E-state index contributed by atoms with van der Waals surface area (Å²) in [4.78, 5) is 0. The molecule has 0 unspecified atom stereocenters. The lowest BCUT2D eigenvalue weighted by Crippen LogP contribution is -2.31. The minimum absolute atomic E-state index is 0.0585. The van der Waals surface area contributed by atoms with Crippen LogP contribution in [0, 0.1) is 0 Å². The van der Waals surface area contributed by atoms with Crippen molar-refractivity contribution in [2.75, 3.05) is 13.1 Å². The Hall–Kier alpha value is -0.350. The van der Waals surface area contributed by atoms with Gasteiger partial charge in [0.2, 0.25) is 10.0 Å². The molecule has 0 atom stereocenters. The van der Waals surface area contributed by atoms with E-state index in [-0.39, 0.29) is 5.25 Å². The van der Waals surface area contributed by atoms with Crippen molar-refractivity contribution in [1.82, 2.24) is 4.31 Å². The average Bonchev–Trinajstić information content (AvgIpc) is 2.75. The molecule has 1 saturated carbocycles. The highest BCUT2D eigenvalue weighted by Crippen LogP contribution is 2.32. The zero-order valence-electron chi connectivity index (χ0n) is 7.16. The van der Waals surface area contributed by atoms with Crippen LogP contribution in [0.25, 0.3) is 0 Å². The van der Waals surface area contributed by atoms with Crippen LogP contribution in [-0.4, -0.2) is 31.1 Å². The zero-order chi connectivity index (χ0) is 8.77. The first-order chi connectivity index (χ1) is 5.60. The highest BCUT2D eigenvalue weighted by molar-refractivity contribution is 7.90. The van der Waals surface area contributed by atoms with Gasteiger partial charge < -0.3 is 0 Å². The minimum atomic E-state index is -2.92. The van der Waals surface area contributed by atoms with Gasteiger partial charge in [-0.25, -0.2) is 8.42 Å². The van der Waals surface area contributed by atoms with Crippen LogP contribution in [-0.2, 0) is 10.0 Å². The summed E-state index contributed by atoms with van der Waals surface area (Å²) in [5.74, 6) is 0. The quantitative estimate of drug-likeness (QED) is 0.598. The molecule has 0 amide bonds. The summed E-state index contributed by atoms with van der Waals surface area (Å²) in [7, 11) is -2.92. The molecule has 0 N–H and O–H groups in total. The van der Waals surface area contributed by atoms with E-state index in [0.29, 0.717) is 13.1 Å². The van der Waals surface area contributed by atoms with Gasteiger partial charge in [0, 0.05) is 13.1 Å². The van der Waals surface area contributed by atoms with E-state index in [4.69, 9.17) is 0 Å². The van der Waals surface area contributed by atoms with Gasteiger partial charge in [-0.2, -0.15) is 4.31 Å². The number of hydrogen-bond acceptors (Lipinski definition) is 2. The molecule has 0 bridgehead atoms. The smallest absolute Gasteiger partial charge is 0.212 e. The van der Waals surface area contributed by atoms with Gasteiger partial charge in [-0.1, -0.05) is 11.6 Å². The van der Waals surface area contributed by atoms with Gasteiger partial charge >= 0.3 is 0 Å². The van der Waals surface area contributed by atoms with E-state index in [1.54, 1.807) is 4.31 Å². The first-order valence-corrected chi connectivity index (χ1v) is 5.75. The predicted octanol–water partition coefficient (Wildman–Crippen LogP) is 0.740. The third kappa shape index (κ3) is 1.29. The van der Waals surface area contributed by atoms with E-state index in [9.17, 15) is 8.42 Å². The Morgan fingerprint density at radius 3 is 2.58 bits per heavy atom. The van der Waals surface area contributed by atoms with E-state index >= 15 is 0 Å². The van der Waals surface area contributed by atoms with E-state index in [0.717, 1.165) is 12.8 Å². The second kappa shape index (κ2) is 2.57. The summed E-state index contributed by atoms with van der Waals surface area (Å²) in [6.07, 6.45) is 3.70. The number of hydrogen-bond donors (Lipinski definition) is 0. The van der Waals surface area contributed by atoms with Crippen LogP contribution in [0.3, 0.4) is 0 Å². The van der Waals surface area contributed by atoms with Gasteiger partial charge in [0.05, 0.1) is 5.25 Å². The van der Waals surface area contributed by atoms with Crippen molar-refractivity contribution in [3.8, 4) is 0 Å². The summed E-state index contributed by atoms with van der Waals surface area (Å²) in [6, 6.07) is 0. The minimum Gasteiger partial charge on any atom is -0.212 e. The van der Waals surface area contributed by atoms with Crippen molar-refractivity contribution < 1.29 is 8.42 Å². The third-order valence-electron chi connectivity index (χ3n) is 2.37. The van der Waals surface area contributed by atoms with Crippen LogP contribution in [0.1, 0.15) is 19.8 Å². The monoisotopic (exact) mass is 187 g/mol. The Morgan fingerprint density at radius 2 is 2.17 bits per heavy atom. The van der Waals surface area contributed by atoms with Crippen molar-refractivity contribution in [1.29, 1.82) is 0 Å². The maximum absolute atomic E-state index is 11.6. The van der Waals surface area contributed by atoms with Crippen molar-refractivity contribution >= 4 is 10.0 Å². The first kappa shape index (κ1) is 8.26. The van der Waals surface area contributed by atoms with Crippen molar-refractivity contribution in [3.05, 3.63) is 11.6 Å². The lowest BCUT2D eigenvalue weighted by Gasteiger charge is -2.14. The molecule has 0 aromatic rings. The van der Waals surface area contributed by atoms with Gasteiger partial charge in [-0.05, 0) is 19.8 Å². The van der Waals surface area contributed by atoms with E-state index in [2.05, 4.69) is 0 Å². The van der Waals surface area contributed by atoms with E-state index in [1.807, 2.05) is 13.0 Å². The van der Waals surface area contributed by atoms with Crippen LogP contribution in [0.5, 0.6) is 0 Å². The van der Waals surface area contributed by atoms with Crippen molar-refractivity contribution in [2.24, 2.45) is 0 Å². The van der Waals surface area contributed by atoms with E-state index in [1.165, 1.54) is 5.57 Å². The Kier molecular flexibility index (Phi) is 1.77. The van der Waals surface area contributed by atoms with Crippen LogP contribution >= 0.6 is 0 Å². The lowest BCUT2D eigenvalue weighted by atomic mass is 10.3. The molecule has 2 rings (SSSR count). The molecule has 0 radical (unpaired) electrons. The van der Waals surface area contributed by atoms with Gasteiger partial charge in [-0.3, -0.25) is 0 Å². The Bertz CT molecular complexity index is 314. The largest absolute Gasteiger partial charge is 0.217 e. The summed E-state index contributed by atoms with van der Waals surface area (Å²) in [5, 5.41) is -0.0585. The second-order valence-corrected chi connectivity index (χ2v) is 5.80. The maximum atomic E-state index is 11.6. The Morgan fingerprint density at radius 1 is 1.50 bits per heavy atom. The molecule has 0 aromatic heterocycles. The number of sulfonamides is 1. The van der Waals surface area contributed by atoms with Crippen molar-refractivity contribution in [3.63, 3.8) is 0 Å². The first-order valence-electron chi connectivity index (χ1n) is 4.25. The molecule has 68 valence electrons. The fourth-order valence-corrected chi connectivity index (χ4v) is 3.25. The van der Waals surface area contributed by atoms with Crippen molar-refractivity contribution in [2.45, 2.75) is 25.0 Å². The molecule has 3 nitrogen and oxygen atoms in total. The highest BCUT2D eigenvalue weighted by atomic mass is 32.2. The Labute approximate surface area is 73.1 Å². The molecule has 4 heteroatoms. The molecular formula is C8H13NO2S. The molecular weight excluding hydrogens is 174 g/mol. The fourth-order valence-electron chi connectivity index (χ4n) is 1.44. The predicted molar refractivity (Wildman–Crippen MR) is 47.3 cm³/mol. The molecule has 1 aliphatic heterocycles. The van der Waals surface area contributed by atoms with Crippen LogP contribution < -0.4 is 0 Å². The Balaban J connectivity index is 2.11. The average molecular weight is 187 g/mol. The molecule has 0 saturated heterocycles. The van der Waals surface area contributed by atoms with Crippen LogP contribution in [0.2, 0.25) is 0 Å². The normalized spacial score (nSPS) is 25.9. The number of rotatable bonds is 2. The lowest BCUT2D eigenvalue weighted by molar-refractivity contribution is 0.483. The molecule has 1 heterocycles. The van der Waals surface area contributed by atoms with Gasteiger partial charge in [0.25, 0.3) is 0 Å². The fraction of sp³-hybridized carbons (Fsp3) is 0.750. The summed E-state index contributed by atoms with van der Waals surface area (Å²) >= 11 is 0. The summed E-state index contributed by atoms with van der Waals surface area (Å²) in [6.45, 7) is 3.17. The molecule has 1 aliphatic carbocycles. The van der Waals surface area contributed by atoms with Gasteiger partial charge in [-0.15, -0.1) is 0 Å². The molecule has 0 spiro atoms. The molecule has 12 heavy (non-hydrogen) atoms. The number of nitrogens with zero attached hydrogens (tertiary/aromatic N) is 1. The van der Waals surface area contributed by atoms with Crippen LogP contribution in [0.15, 0.2) is 11.6 Å². The zero-order valence-corrected chi connectivity index (χ0v) is 7.97. The molecule has 2 aliphatic rings. The van der Waals surface area contributed by atoms with E-state index < -0.39 is 10.0 Å². The third-order valence-corrected chi connectivity index (χ3v) is 4.69. The van der Waals surface area contributed by atoms with Gasteiger partial charge in [0.15, 0.2) is 0 Å².